The molecular weight excluding hydrogens is 266 g/mol. The molecule has 3 nitrogen and oxygen atoms in total. The van der Waals surface area contributed by atoms with Gasteiger partial charge in [0.25, 0.3) is 0 Å². The minimum absolute atomic E-state index is 0.188. The van der Waals surface area contributed by atoms with Crippen molar-refractivity contribution in [3.63, 3.8) is 0 Å². The molecule has 0 aromatic carbocycles. The number of aromatic nitrogens is 2. The molecule has 1 aliphatic rings. The number of nitrogens with one attached hydrogen (secondary N) is 1. The first-order chi connectivity index (χ1) is 9.53. The molecule has 1 N–H and O–H groups in total. The third kappa shape index (κ3) is 5.88. The summed E-state index contributed by atoms with van der Waals surface area (Å²) in [7, 11) is 0. The zero-order valence-corrected chi connectivity index (χ0v) is 14.1. The van der Waals surface area contributed by atoms with Gasteiger partial charge in [-0.15, -0.1) is 21.5 Å². The lowest BCUT2D eigenvalue weighted by Crippen LogP contribution is -2.37. The van der Waals surface area contributed by atoms with E-state index in [1.807, 2.05) is 11.3 Å². The number of hydrogen-bond acceptors (Lipinski definition) is 4. The van der Waals surface area contributed by atoms with E-state index < -0.39 is 0 Å². The summed E-state index contributed by atoms with van der Waals surface area (Å²) in [5.74, 6) is 0.853. The summed E-state index contributed by atoms with van der Waals surface area (Å²) in [6, 6.07) is 0. The van der Waals surface area contributed by atoms with Crippen LogP contribution in [0.25, 0.3) is 0 Å². The second kappa shape index (κ2) is 7.51. The Bertz CT molecular complexity index is 387. The van der Waals surface area contributed by atoms with Gasteiger partial charge in [-0.1, -0.05) is 38.5 Å². The summed E-state index contributed by atoms with van der Waals surface area (Å²) in [6.45, 7) is 7.58. The summed E-state index contributed by atoms with van der Waals surface area (Å²) < 4.78 is 0. The molecule has 0 radical (unpaired) electrons. The van der Waals surface area contributed by atoms with Gasteiger partial charge in [0.1, 0.15) is 10.0 Å². The summed E-state index contributed by atoms with van der Waals surface area (Å²) in [5, 5.41) is 14.7. The number of rotatable bonds is 5. The summed E-state index contributed by atoms with van der Waals surface area (Å²) >= 11 is 1.82. The van der Waals surface area contributed by atoms with E-state index in [0.29, 0.717) is 0 Å². The molecule has 1 aromatic heterocycles. The van der Waals surface area contributed by atoms with E-state index in [2.05, 4.69) is 36.3 Å². The van der Waals surface area contributed by atoms with Gasteiger partial charge in [0.2, 0.25) is 0 Å². The zero-order chi connectivity index (χ0) is 14.4. The van der Waals surface area contributed by atoms with Crippen LogP contribution in [0.15, 0.2) is 0 Å². The van der Waals surface area contributed by atoms with Crippen LogP contribution in [-0.2, 0) is 12.8 Å². The Morgan fingerprint density at radius 3 is 2.35 bits per heavy atom. The largest absolute Gasteiger partial charge is 0.312 e. The van der Waals surface area contributed by atoms with Crippen LogP contribution < -0.4 is 5.32 Å². The maximum Gasteiger partial charge on any atom is 0.118 e. The molecule has 0 bridgehead atoms. The second-order valence-corrected chi connectivity index (χ2v) is 8.22. The highest BCUT2D eigenvalue weighted by molar-refractivity contribution is 7.11. The molecule has 0 saturated heterocycles. The Hall–Kier alpha value is -0.480. The molecule has 1 heterocycles. The van der Waals surface area contributed by atoms with E-state index >= 15 is 0 Å². The molecule has 0 spiro atoms. The van der Waals surface area contributed by atoms with Crippen LogP contribution in [0.3, 0.4) is 0 Å². The fraction of sp³-hybridized carbons (Fsp3) is 0.875. The molecule has 114 valence electrons. The Kier molecular flexibility index (Phi) is 5.97. The SMILES string of the molecule is CC(C)(C)NCCc1nnc(CC2CCCCCC2)s1. The van der Waals surface area contributed by atoms with Crippen LogP contribution in [0.2, 0.25) is 0 Å². The highest BCUT2D eigenvalue weighted by atomic mass is 32.1. The van der Waals surface area contributed by atoms with Gasteiger partial charge in [-0.3, -0.25) is 0 Å². The number of nitrogens with zero attached hydrogens (tertiary/aromatic N) is 2. The van der Waals surface area contributed by atoms with Crippen molar-refractivity contribution in [2.75, 3.05) is 6.54 Å². The predicted molar refractivity (Wildman–Crippen MR) is 86.3 cm³/mol. The molecule has 2 rings (SSSR count). The smallest absolute Gasteiger partial charge is 0.118 e. The van der Waals surface area contributed by atoms with Crippen molar-refractivity contribution in [1.29, 1.82) is 0 Å². The van der Waals surface area contributed by atoms with E-state index in [1.54, 1.807) is 0 Å². The van der Waals surface area contributed by atoms with Crippen LogP contribution >= 0.6 is 11.3 Å². The molecule has 0 unspecified atom stereocenters. The molecule has 0 aliphatic heterocycles. The third-order valence-electron chi connectivity index (χ3n) is 3.94. The van der Waals surface area contributed by atoms with E-state index in [4.69, 9.17) is 0 Å². The van der Waals surface area contributed by atoms with Crippen molar-refractivity contribution in [2.45, 2.75) is 77.7 Å². The maximum atomic E-state index is 4.40. The van der Waals surface area contributed by atoms with Gasteiger partial charge in [-0.25, -0.2) is 0 Å². The summed E-state index contributed by atoms with van der Waals surface area (Å²) in [6.07, 6.45) is 10.6. The van der Waals surface area contributed by atoms with E-state index in [9.17, 15) is 0 Å². The third-order valence-corrected chi connectivity index (χ3v) is 4.95. The van der Waals surface area contributed by atoms with E-state index in [-0.39, 0.29) is 5.54 Å². The normalized spacial score (nSPS) is 18.1. The van der Waals surface area contributed by atoms with E-state index in [1.165, 1.54) is 48.5 Å². The Morgan fingerprint density at radius 1 is 1.05 bits per heavy atom. The molecule has 1 fully saturated rings. The first-order valence-electron chi connectivity index (χ1n) is 8.09. The second-order valence-electron chi connectivity index (χ2n) is 7.08. The van der Waals surface area contributed by atoms with Crippen LogP contribution in [0.1, 0.15) is 69.3 Å². The Morgan fingerprint density at radius 2 is 1.70 bits per heavy atom. The van der Waals surface area contributed by atoms with Crippen LogP contribution in [-0.4, -0.2) is 22.3 Å². The van der Waals surface area contributed by atoms with Crippen LogP contribution in [0.5, 0.6) is 0 Å². The molecule has 20 heavy (non-hydrogen) atoms. The average Bonchev–Trinajstić information content (AvgIpc) is 2.64. The van der Waals surface area contributed by atoms with Crippen molar-refractivity contribution >= 4 is 11.3 Å². The zero-order valence-electron chi connectivity index (χ0n) is 13.2. The topological polar surface area (TPSA) is 37.8 Å². The lowest BCUT2D eigenvalue weighted by atomic mass is 9.97. The standard InChI is InChI=1S/C16H29N3S/c1-16(2,3)17-11-10-14-18-19-15(20-14)12-13-8-6-4-5-7-9-13/h13,17H,4-12H2,1-3H3. The molecule has 0 amide bonds. The lowest BCUT2D eigenvalue weighted by Gasteiger charge is -2.19. The first kappa shape index (κ1) is 15.9. The summed E-state index contributed by atoms with van der Waals surface area (Å²) in [4.78, 5) is 0. The highest BCUT2D eigenvalue weighted by Gasteiger charge is 2.15. The fourth-order valence-electron chi connectivity index (χ4n) is 2.83. The Labute approximate surface area is 127 Å². The van der Waals surface area contributed by atoms with Gasteiger partial charge in [0, 0.05) is 24.9 Å². The van der Waals surface area contributed by atoms with Gasteiger partial charge >= 0.3 is 0 Å². The minimum atomic E-state index is 0.188. The van der Waals surface area contributed by atoms with Gasteiger partial charge in [-0.2, -0.15) is 0 Å². The molecule has 0 atom stereocenters. The Balaban J connectivity index is 1.76. The lowest BCUT2D eigenvalue weighted by molar-refractivity contribution is 0.429. The predicted octanol–water partition coefficient (Wildman–Crippen LogP) is 3.98. The van der Waals surface area contributed by atoms with Gasteiger partial charge in [0.15, 0.2) is 0 Å². The molecule has 1 saturated carbocycles. The van der Waals surface area contributed by atoms with Gasteiger partial charge < -0.3 is 5.32 Å². The highest BCUT2D eigenvalue weighted by Crippen LogP contribution is 2.27. The van der Waals surface area contributed by atoms with Crippen molar-refractivity contribution in [3.05, 3.63) is 10.0 Å². The average molecular weight is 295 g/mol. The van der Waals surface area contributed by atoms with Crippen molar-refractivity contribution in [3.8, 4) is 0 Å². The molecular formula is C16H29N3S. The van der Waals surface area contributed by atoms with E-state index in [0.717, 1.165) is 25.3 Å². The van der Waals surface area contributed by atoms with Crippen LogP contribution in [0, 0.1) is 5.92 Å². The number of hydrogen-bond donors (Lipinski definition) is 1. The van der Waals surface area contributed by atoms with Crippen molar-refractivity contribution in [2.24, 2.45) is 5.92 Å². The molecule has 1 aliphatic carbocycles. The monoisotopic (exact) mass is 295 g/mol. The quantitative estimate of drug-likeness (QED) is 0.835. The summed E-state index contributed by atoms with van der Waals surface area (Å²) in [5.41, 5.74) is 0.188. The van der Waals surface area contributed by atoms with Crippen molar-refractivity contribution in [1.82, 2.24) is 15.5 Å². The maximum absolute atomic E-state index is 4.40. The van der Waals surface area contributed by atoms with Gasteiger partial charge in [-0.05, 0) is 26.7 Å². The first-order valence-corrected chi connectivity index (χ1v) is 8.91. The fourth-order valence-corrected chi connectivity index (χ4v) is 3.79. The molecule has 4 heteroatoms. The van der Waals surface area contributed by atoms with Gasteiger partial charge in [0.05, 0.1) is 0 Å². The van der Waals surface area contributed by atoms with Crippen LogP contribution in [0.4, 0.5) is 0 Å². The van der Waals surface area contributed by atoms with Crippen molar-refractivity contribution < 1.29 is 0 Å². The minimum Gasteiger partial charge on any atom is -0.312 e. The molecule has 1 aromatic rings.